The highest BCUT2D eigenvalue weighted by Gasteiger charge is 2.27. The Morgan fingerprint density at radius 3 is 2.77 bits per heavy atom. The molecule has 0 saturated heterocycles. The quantitative estimate of drug-likeness (QED) is 0.801. The average Bonchev–Trinajstić information content (AvgIpc) is 2.45. The van der Waals surface area contributed by atoms with Gasteiger partial charge in [-0.25, -0.2) is 9.97 Å². The van der Waals surface area contributed by atoms with Gasteiger partial charge >= 0.3 is 0 Å². The SMILES string of the molecule is CC(C)Nc1nc(C#N)cc2cnc(NC3CC(O)C3)cc12. The highest BCUT2D eigenvalue weighted by Crippen LogP contribution is 2.28. The maximum absolute atomic E-state index is 9.36. The first-order chi connectivity index (χ1) is 10.5. The van der Waals surface area contributed by atoms with Crippen LogP contribution in [-0.4, -0.2) is 33.3 Å². The van der Waals surface area contributed by atoms with Gasteiger partial charge in [0.25, 0.3) is 0 Å². The number of fused-ring (bicyclic) bond motifs is 1. The summed E-state index contributed by atoms with van der Waals surface area (Å²) in [6.07, 6.45) is 3.06. The molecule has 3 rings (SSSR count). The van der Waals surface area contributed by atoms with Gasteiger partial charge in [0.05, 0.1) is 6.10 Å². The van der Waals surface area contributed by atoms with Gasteiger partial charge in [-0.3, -0.25) is 0 Å². The Kier molecular flexibility index (Phi) is 3.82. The number of anilines is 2. The molecule has 0 aliphatic heterocycles. The second-order valence-electron chi connectivity index (χ2n) is 6.02. The minimum Gasteiger partial charge on any atom is -0.393 e. The van der Waals surface area contributed by atoms with Crippen molar-refractivity contribution in [1.82, 2.24) is 9.97 Å². The van der Waals surface area contributed by atoms with E-state index >= 15 is 0 Å². The van der Waals surface area contributed by atoms with Crippen LogP contribution in [0.5, 0.6) is 0 Å². The van der Waals surface area contributed by atoms with Crippen LogP contribution < -0.4 is 10.6 Å². The fraction of sp³-hybridized carbons (Fsp3) is 0.438. The van der Waals surface area contributed by atoms with Gasteiger partial charge in [0.2, 0.25) is 0 Å². The van der Waals surface area contributed by atoms with Crippen LogP contribution in [0.25, 0.3) is 10.8 Å². The van der Waals surface area contributed by atoms with E-state index in [0.29, 0.717) is 11.5 Å². The summed E-state index contributed by atoms with van der Waals surface area (Å²) in [4.78, 5) is 8.75. The van der Waals surface area contributed by atoms with Crippen LogP contribution in [0.2, 0.25) is 0 Å². The molecule has 1 saturated carbocycles. The third-order valence-corrected chi connectivity index (χ3v) is 3.72. The molecule has 22 heavy (non-hydrogen) atoms. The normalized spacial score (nSPS) is 20.5. The number of aromatic nitrogens is 2. The van der Waals surface area contributed by atoms with E-state index in [1.54, 1.807) is 12.3 Å². The fourth-order valence-electron chi connectivity index (χ4n) is 2.58. The Morgan fingerprint density at radius 1 is 1.36 bits per heavy atom. The summed E-state index contributed by atoms with van der Waals surface area (Å²) in [5.41, 5.74) is 0.375. The Bertz CT molecular complexity index is 731. The maximum Gasteiger partial charge on any atom is 0.143 e. The molecule has 0 aromatic carbocycles. The number of aliphatic hydroxyl groups is 1. The second-order valence-corrected chi connectivity index (χ2v) is 6.02. The first kappa shape index (κ1) is 14.5. The summed E-state index contributed by atoms with van der Waals surface area (Å²) in [6.45, 7) is 4.06. The second kappa shape index (κ2) is 5.78. The van der Waals surface area contributed by atoms with Crippen molar-refractivity contribution in [2.24, 2.45) is 0 Å². The van der Waals surface area contributed by atoms with E-state index in [2.05, 4.69) is 26.7 Å². The maximum atomic E-state index is 9.36. The van der Waals surface area contributed by atoms with Crippen LogP contribution in [0.1, 0.15) is 32.4 Å². The van der Waals surface area contributed by atoms with Crippen LogP contribution in [-0.2, 0) is 0 Å². The van der Waals surface area contributed by atoms with Crippen molar-refractivity contribution in [3.05, 3.63) is 24.0 Å². The smallest absolute Gasteiger partial charge is 0.143 e. The van der Waals surface area contributed by atoms with Crippen molar-refractivity contribution in [2.75, 3.05) is 10.6 Å². The molecule has 0 spiro atoms. The van der Waals surface area contributed by atoms with Crippen LogP contribution in [0.3, 0.4) is 0 Å². The molecule has 3 N–H and O–H groups in total. The molecular weight excluding hydrogens is 278 g/mol. The number of nitriles is 1. The van der Waals surface area contributed by atoms with E-state index in [1.165, 1.54) is 0 Å². The van der Waals surface area contributed by atoms with Crippen LogP contribution in [0.15, 0.2) is 18.3 Å². The fourth-order valence-corrected chi connectivity index (χ4v) is 2.58. The molecule has 2 heterocycles. The van der Waals surface area contributed by atoms with Crippen LogP contribution in [0.4, 0.5) is 11.6 Å². The molecule has 6 heteroatoms. The Morgan fingerprint density at radius 2 is 2.14 bits per heavy atom. The lowest BCUT2D eigenvalue weighted by Gasteiger charge is -2.32. The summed E-state index contributed by atoms with van der Waals surface area (Å²) in [5, 5.41) is 26.9. The number of hydrogen-bond acceptors (Lipinski definition) is 6. The van der Waals surface area contributed by atoms with Crippen molar-refractivity contribution in [3.63, 3.8) is 0 Å². The minimum atomic E-state index is -0.198. The predicted octanol–water partition coefficient (Wildman–Crippen LogP) is 2.26. The number of nitrogens with one attached hydrogen (secondary N) is 2. The molecule has 1 fully saturated rings. The third-order valence-electron chi connectivity index (χ3n) is 3.72. The molecule has 0 amide bonds. The zero-order chi connectivity index (χ0) is 15.7. The Hall–Kier alpha value is -2.39. The summed E-state index contributed by atoms with van der Waals surface area (Å²) in [7, 11) is 0. The molecule has 0 atom stereocenters. The number of aliphatic hydroxyl groups excluding tert-OH is 1. The predicted molar refractivity (Wildman–Crippen MR) is 85.7 cm³/mol. The average molecular weight is 297 g/mol. The van der Waals surface area contributed by atoms with Crippen molar-refractivity contribution >= 4 is 22.4 Å². The lowest BCUT2D eigenvalue weighted by atomic mass is 9.89. The number of nitrogens with zero attached hydrogens (tertiary/aromatic N) is 3. The van der Waals surface area contributed by atoms with E-state index in [9.17, 15) is 5.11 Å². The molecule has 1 aliphatic carbocycles. The van der Waals surface area contributed by atoms with Gasteiger partial charge < -0.3 is 15.7 Å². The Balaban J connectivity index is 1.96. The van der Waals surface area contributed by atoms with Crippen LogP contribution in [0, 0.1) is 11.3 Å². The molecule has 0 bridgehead atoms. The van der Waals surface area contributed by atoms with Crippen molar-refractivity contribution in [2.45, 2.75) is 44.9 Å². The molecule has 6 nitrogen and oxygen atoms in total. The highest BCUT2D eigenvalue weighted by molar-refractivity contribution is 5.93. The van der Waals surface area contributed by atoms with E-state index in [-0.39, 0.29) is 18.2 Å². The monoisotopic (exact) mass is 297 g/mol. The lowest BCUT2D eigenvalue weighted by molar-refractivity contribution is 0.0835. The highest BCUT2D eigenvalue weighted by atomic mass is 16.3. The Labute approximate surface area is 129 Å². The van der Waals surface area contributed by atoms with Gasteiger partial charge in [0, 0.05) is 29.1 Å². The number of hydrogen-bond donors (Lipinski definition) is 3. The largest absolute Gasteiger partial charge is 0.393 e. The standard InChI is InChI=1S/C16H19N5O/c1-9(2)19-16-14-6-15(20-11-4-13(22)5-11)18-8-10(14)3-12(7-17)21-16/h3,6,8-9,11,13,22H,4-5H2,1-2H3,(H,18,20)(H,19,21). The van der Waals surface area contributed by atoms with Gasteiger partial charge in [-0.2, -0.15) is 5.26 Å². The van der Waals surface area contributed by atoms with E-state index in [4.69, 9.17) is 5.26 Å². The lowest BCUT2D eigenvalue weighted by Crippen LogP contribution is -2.39. The van der Waals surface area contributed by atoms with Crippen molar-refractivity contribution in [3.8, 4) is 6.07 Å². The zero-order valence-corrected chi connectivity index (χ0v) is 12.7. The van der Waals surface area contributed by atoms with Crippen LogP contribution >= 0.6 is 0 Å². The summed E-state index contributed by atoms with van der Waals surface area (Å²) in [5.74, 6) is 1.46. The molecule has 114 valence electrons. The summed E-state index contributed by atoms with van der Waals surface area (Å²) >= 11 is 0. The molecule has 2 aromatic heterocycles. The van der Waals surface area contributed by atoms with E-state index < -0.39 is 0 Å². The van der Waals surface area contributed by atoms with Gasteiger partial charge in [0.1, 0.15) is 23.4 Å². The number of rotatable bonds is 4. The first-order valence-corrected chi connectivity index (χ1v) is 7.47. The minimum absolute atomic E-state index is 0.198. The van der Waals surface area contributed by atoms with E-state index in [0.717, 1.165) is 29.4 Å². The topological polar surface area (TPSA) is 93.9 Å². The molecule has 1 aliphatic rings. The van der Waals surface area contributed by atoms with Crippen molar-refractivity contribution < 1.29 is 5.11 Å². The van der Waals surface area contributed by atoms with Gasteiger partial charge in [0.15, 0.2) is 0 Å². The van der Waals surface area contributed by atoms with Gasteiger partial charge in [-0.1, -0.05) is 0 Å². The molecule has 0 radical (unpaired) electrons. The van der Waals surface area contributed by atoms with Gasteiger partial charge in [-0.05, 0) is 38.8 Å². The summed E-state index contributed by atoms with van der Waals surface area (Å²) in [6, 6.07) is 6.25. The molecule has 0 unspecified atom stereocenters. The van der Waals surface area contributed by atoms with Gasteiger partial charge in [-0.15, -0.1) is 0 Å². The molecule has 2 aromatic rings. The third kappa shape index (κ3) is 2.95. The van der Waals surface area contributed by atoms with Crippen molar-refractivity contribution in [1.29, 1.82) is 5.26 Å². The first-order valence-electron chi connectivity index (χ1n) is 7.47. The van der Waals surface area contributed by atoms with E-state index in [1.807, 2.05) is 19.9 Å². The molecular formula is C16H19N5O. The number of pyridine rings is 2. The zero-order valence-electron chi connectivity index (χ0n) is 12.7. The summed E-state index contributed by atoms with van der Waals surface area (Å²) < 4.78 is 0.